The molecule has 1 saturated carbocycles. The lowest BCUT2D eigenvalue weighted by atomic mass is 9.75. The van der Waals surface area contributed by atoms with E-state index in [2.05, 4.69) is 12.2 Å². The highest BCUT2D eigenvalue weighted by Gasteiger charge is 2.36. The van der Waals surface area contributed by atoms with Crippen LogP contribution >= 0.6 is 0 Å². The second-order valence-electron chi connectivity index (χ2n) is 5.14. The Labute approximate surface area is 114 Å². The number of hydrogen-bond donors (Lipinski definition) is 2. The highest BCUT2D eigenvalue weighted by molar-refractivity contribution is 5.78. The first-order chi connectivity index (χ1) is 9.19. The number of carbonyl (C=O) groups is 1. The van der Waals surface area contributed by atoms with Crippen molar-refractivity contribution in [3.05, 3.63) is 29.8 Å². The first kappa shape index (κ1) is 13.9. The molecule has 0 aromatic heterocycles. The average Bonchev–Trinajstić information content (AvgIpc) is 2.41. The Morgan fingerprint density at radius 1 is 1.42 bits per heavy atom. The van der Waals surface area contributed by atoms with Gasteiger partial charge >= 0.3 is 0 Å². The van der Waals surface area contributed by atoms with Crippen molar-refractivity contribution < 1.29 is 9.53 Å². The fraction of sp³-hybridized carbons (Fsp3) is 0.533. The second kappa shape index (κ2) is 6.06. The molecule has 1 fully saturated rings. The number of rotatable bonds is 6. The summed E-state index contributed by atoms with van der Waals surface area (Å²) in [5, 5.41) is 3.09. The molecule has 104 valence electrons. The van der Waals surface area contributed by atoms with Gasteiger partial charge in [0, 0.05) is 17.6 Å². The van der Waals surface area contributed by atoms with E-state index in [1.807, 2.05) is 24.3 Å². The molecule has 0 bridgehead atoms. The summed E-state index contributed by atoms with van der Waals surface area (Å²) in [7, 11) is 0. The predicted molar refractivity (Wildman–Crippen MR) is 74.8 cm³/mol. The lowest BCUT2D eigenvalue weighted by Gasteiger charge is -2.41. The molecule has 4 nitrogen and oxygen atoms in total. The van der Waals surface area contributed by atoms with Gasteiger partial charge in [-0.25, -0.2) is 0 Å². The third kappa shape index (κ3) is 3.26. The monoisotopic (exact) mass is 262 g/mol. The van der Waals surface area contributed by atoms with E-state index in [0.29, 0.717) is 12.3 Å². The molecule has 1 amide bonds. The van der Waals surface area contributed by atoms with Crippen molar-refractivity contribution in [1.82, 2.24) is 5.32 Å². The van der Waals surface area contributed by atoms with Gasteiger partial charge in [0.25, 0.3) is 5.91 Å². The molecule has 0 saturated heterocycles. The van der Waals surface area contributed by atoms with Gasteiger partial charge < -0.3 is 15.8 Å². The van der Waals surface area contributed by atoms with Crippen LogP contribution in [-0.2, 0) is 11.3 Å². The summed E-state index contributed by atoms with van der Waals surface area (Å²) in [6.45, 7) is 2.58. The molecule has 0 heterocycles. The molecule has 0 unspecified atom stereocenters. The SMILES string of the molecule is CCC1(NC(=O)COc2ccccc2CN)CCC1. The Hall–Kier alpha value is -1.55. The van der Waals surface area contributed by atoms with Crippen molar-refractivity contribution in [3.63, 3.8) is 0 Å². The van der Waals surface area contributed by atoms with E-state index >= 15 is 0 Å². The first-order valence-electron chi connectivity index (χ1n) is 6.91. The molecular weight excluding hydrogens is 240 g/mol. The quantitative estimate of drug-likeness (QED) is 0.824. The Balaban J connectivity index is 1.86. The molecule has 1 aromatic carbocycles. The fourth-order valence-electron chi connectivity index (χ4n) is 2.46. The minimum absolute atomic E-state index is 0.0217. The average molecular weight is 262 g/mol. The molecule has 3 N–H and O–H groups in total. The number of para-hydroxylation sites is 1. The molecule has 1 aromatic rings. The number of carbonyl (C=O) groups excluding carboxylic acids is 1. The second-order valence-corrected chi connectivity index (χ2v) is 5.14. The maximum Gasteiger partial charge on any atom is 0.258 e. The van der Waals surface area contributed by atoms with Crippen LogP contribution in [-0.4, -0.2) is 18.1 Å². The zero-order chi connectivity index (χ0) is 13.7. The molecule has 0 spiro atoms. The number of nitrogens with one attached hydrogen (secondary N) is 1. The van der Waals surface area contributed by atoms with E-state index in [1.54, 1.807) is 0 Å². The summed E-state index contributed by atoms with van der Waals surface area (Å²) in [5.41, 5.74) is 6.57. The third-order valence-electron chi connectivity index (χ3n) is 3.94. The van der Waals surface area contributed by atoms with Crippen LogP contribution in [0.4, 0.5) is 0 Å². The zero-order valence-corrected chi connectivity index (χ0v) is 11.4. The topological polar surface area (TPSA) is 64.3 Å². The minimum Gasteiger partial charge on any atom is -0.483 e. The summed E-state index contributed by atoms with van der Waals surface area (Å²) in [5.74, 6) is 0.646. The number of hydrogen-bond acceptors (Lipinski definition) is 3. The molecule has 2 rings (SSSR count). The number of nitrogens with two attached hydrogens (primary N) is 1. The van der Waals surface area contributed by atoms with E-state index in [0.717, 1.165) is 24.8 Å². The van der Waals surface area contributed by atoms with Crippen LogP contribution in [0.5, 0.6) is 5.75 Å². The number of amides is 1. The summed E-state index contributed by atoms with van der Waals surface area (Å²) in [4.78, 5) is 11.9. The molecule has 1 aliphatic rings. The van der Waals surface area contributed by atoms with Crippen LogP contribution in [0.3, 0.4) is 0 Å². The lowest BCUT2D eigenvalue weighted by molar-refractivity contribution is -0.126. The first-order valence-corrected chi connectivity index (χ1v) is 6.91. The van der Waals surface area contributed by atoms with E-state index in [9.17, 15) is 4.79 Å². The van der Waals surface area contributed by atoms with Crippen molar-refractivity contribution in [2.24, 2.45) is 5.73 Å². The maximum atomic E-state index is 11.9. The third-order valence-corrected chi connectivity index (χ3v) is 3.94. The van der Waals surface area contributed by atoms with Gasteiger partial charge in [0.15, 0.2) is 6.61 Å². The smallest absolute Gasteiger partial charge is 0.258 e. The summed E-state index contributed by atoms with van der Waals surface area (Å²) in [6.07, 6.45) is 4.34. The maximum absolute atomic E-state index is 11.9. The molecule has 1 aliphatic carbocycles. The molecule has 0 radical (unpaired) electrons. The van der Waals surface area contributed by atoms with Gasteiger partial charge in [-0.3, -0.25) is 4.79 Å². The number of ether oxygens (including phenoxy) is 1. The Morgan fingerprint density at radius 2 is 2.16 bits per heavy atom. The van der Waals surface area contributed by atoms with Crippen LogP contribution in [0.15, 0.2) is 24.3 Å². The lowest BCUT2D eigenvalue weighted by Crippen LogP contribution is -2.54. The molecule has 4 heteroatoms. The Bertz CT molecular complexity index is 436. The van der Waals surface area contributed by atoms with Gasteiger partial charge in [-0.15, -0.1) is 0 Å². The van der Waals surface area contributed by atoms with Gasteiger partial charge in [-0.05, 0) is 31.7 Å². The molecule has 0 atom stereocenters. The van der Waals surface area contributed by atoms with E-state index in [-0.39, 0.29) is 18.1 Å². The largest absolute Gasteiger partial charge is 0.483 e. The highest BCUT2D eigenvalue weighted by atomic mass is 16.5. The van der Waals surface area contributed by atoms with E-state index in [1.165, 1.54) is 6.42 Å². The Kier molecular flexibility index (Phi) is 4.43. The van der Waals surface area contributed by atoms with Gasteiger partial charge in [0.05, 0.1) is 0 Å². The van der Waals surface area contributed by atoms with Gasteiger partial charge in [0.1, 0.15) is 5.75 Å². The molecule has 19 heavy (non-hydrogen) atoms. The van der Waals surface area contributed by atoms with Crippen molar-refractivity contribution in [3.8, 4) is 5.75 Å². The van der Waals surface area contributed by atoms with Crippen molar-refractivity contribution in [1.29, 1.82) is 0 Å². The summed E-state index contributed by atoms with van der Waals surface area (Å²) in [6, 6.07) is 7.54. The van der Waals surface area contributed by atoms with Crippen LogP contribution < -0.4 is 15.8 Å². The van der Waals surface area contributed by atoms with Gasteiger partial charge in [-0.2, -0.15) is 0 Å². The zero-order valence-electron chi connectivity index (χ0n) is 11.4. The van der Waals surface area contributed by atoms with Crippen molar-refractivity contribution in [2.75, 3.05) is 6.61 Å². The van der Waals surface area contributed by atoms with Crippen LogP contribution in [0, 0.1) is 0 Å². The van der Waals surface area contributed by atoms with Crippen LogP contribution in [0.1, 0.15) is 38.2 Å². The minimum atomic E-state index is -0.0478. The number of benzene rings is 1. The summed E-state index contributed by atoms with van der Waals surface area (Å²) >= 11 is 0. The van der Waals surface area contributed by atoms with Crippen molar-refractivity contribution in [2.45, 2.75) is 44.7 Å². The summed E-state index contributed by atoms with van der Waals surface area (Å²) < 4.78 is 5.56. The van der Waals surface area contributed by atoms with Crippen LogP contribution in [0.2, 0.25) is 0 Å². The molecule has 0 aliphatic heterocycles. The van der Waals surface area contributed by atoms with Crippen molar-refractivity contribution >= 4 is 5.91 Å². The Morgan fingerprint density at radius 3 is 2.74 bits per heavy atom. The standard InChI is InChI=1S/C15H22N2O2/c1-2-15(8-5-9-15)17-14(18)11-19-13-7-4-3-6-12(13)10-16/h3-4,6-7H,2,5,8-11,16H2,1H3,(H,17,18). The van der Waals surface area contributed by atoms with Gasteiger partial charge in [0.2, 0.25) is 0 Å². The van der Waals surface area contributed by atoms with Gasteiger partial charge in [-0.1, -0.05) is 25.1 Å². The molecular formula is C15H22N2O2. The van der Waals surface area contributed by atoms with Crippen LogP contribution in [0.25, 0.3) is 0 Å². The van der Waals surface area contributed by atoms with E-state index < -0.39 is 0 Å². The highest BCUT2D eigenvalue weighted by Crippen LogP contribution is 2.34. The predicted octanol–water partition coefficient (Wildman–Crippen LogP) is 1.97. The van der Waals surface area contributed by atoms with E-state index in [4.69, 9.17) is 10.5 Å². The fourth-order valence-corrected chi connectivity index (χ4v) is 2.46. The normalized spacial score (nSPS) is 16.5.